The highest BCUT2D eigenvalue weighted by molar-refractivity contribution is 6.32. The van der Waals surface area contributed by atoms with Gasteiger partial charge < -0.3 is 19.9 Å². The minimum Gasteiger partial charge on any atom is -0.506 e. The number of phenols is 1. The lowest BCUT2D eigenvalue weighted by molar-refractivity contribution is 0.0955. The Kier molecular flexibility index (Phi) is 8.97. The predicted molar refractivity (Wildman–Crippen MR) is 147 cm³/mol. The molecular formula is C29H28ClN3O4. The van der Waals surface area contributed by atoms with Crippen LogP contribution in [0.15, 0.2) is 84.0 Å². The minimum atomic E-state index is -0.429. The Morgan fingerprint density at radius 1 is 1.00 bits per heavy atom. The van der Waals surface area contributed by atoms with Crippen LogP contribution in [0, 0.1) is 0 Å². The number of hydrogen-bond donors (Lipinski definition) is 3. The summed E-state index contributed by atoms with van der Waals surface area (Å²) in [5.41, 5.74) is 4.87. The summed E-state index contributed by atoms with van der Waals surface area (Å²) in [5, 5.41) is 19.0. The van der Waals surface area contributed by atoms with E-state index in [1.807, 2.05) is 48.5 Å². The number of aromatic hydroxyl groups is 1. The fourth-order valence-corrected chi connectivity index (χ4v) is 3.97. The normalized spacial score (nSPS) is 11.1. The zero-order valence-electron chi connectivity index (χ0n) is 20.4. The van der Waals surface area contributed by atoms with Crippen molar-refractivity contribution in [3.63, 3.8) is 0 Å². The molecular weight excluding hydrogens is 490 g/mol. The molecule has 0 saturated carbocycles. The molecule has 0 aliphatic heterocycles. The molecule has 4 rings (SSSR count). The first-order valence-electron chi connectivity index (χ1n) is 11.9. The van der Waals surface area contributed by atoms with Gasteiger partial charge in [0, 0.05) is 23.1 Å². The fourth-order valence-electron chi connectivity index (χ4n) is 3.79. The molecule has 0 fully saturated rings. The number of carbonyl (C=O) groups excluding carboxylic acids is 1. The average molecular weight is 518 g/mol. The number of rotatable bonds is 11. The number of nitrogens with zero attached hydrogens (tertiary/aromatic N) is 1. The van der Waals surface area contributed by atoms with Crippen LogP contribution in [0.25, 0.3) is 10.8 Å². The van der Waals surface area contributed by atoms with E-state index in [1.165, 1.54) is 23.8 Å². The molecule has 1 amide bonds. The van der Waals surface area contributed by atoms with Crippen LogP contribution in [0.1, 0.15) is 21.5 Å². The third-order valence-electron chi connectivity index (χ3n) is 5.78. The number of benzene rings is 4. The van der Waals surface area contributed by atoms with Crippen molar-refractivity contribution < 1.29 is 19.4 Å². The molecule has 0 heterocycles. The Labute approximate surface area is 220 Å². The maximum atomic E-state index is 12.3. The third-order valence-corrected chi connectivity index (χ3v) is 6.09. The molecule has 8 heteroatoms. The SMILES string of the molecule is COc1ccc(CCNCCOc2ccc(/C=N/NC(=O)c3ccc(O)c(Cl)c3)c3ccccc23)cc1. The Hall–Kier alpha value is -4.07. The van der Waals surface area contributed by atoms with Crippen LogP contribution in [0.5, 0.6) is 17.2 Å². The van der Waals surface area contributed by atoms with Crippen molar-refractivity contribution in [2.24, 2.45) is 5.10 Å². The molecule has 0 aliphatic rings. The summed E-state index contributed by atoms with van der Waals surface area (Å²) >= 11 is 5.88. The first-order valence-corrected chi connectivity index (χ1v) is 12.2. The molecule has 0 atom stereocenters. The highest BCUT2D eigenvalue weighted by Gasteiger charge is 2.09. The predicted octanol–water partition coefficient (Wildman–Crippen LogP) is 5.18. The summed E-state index contributed by atoms with van der Waals surface area (Å²) in [5.74, 6) is 1.13. The number of phenolic OH excluding ortho intramolecular Hbond substituents is 1. The van der Waals surface area contributed by atoms with E-state index in [9.17, 15) is 9.90 Å². The highest BCUT2D eigenvalue weighted by Crippen LogP contribution is 2.28. The number of nitrogens with one attached hydrogen (secondary N) is 2. The number of hydrogen-bond acceptors (Lipinski definition) is 6. The van der Waals surface area contributed by atoms with Gasteiger partial charge in [0.25, 0.3) is 5.91 Å². The fraction of sp³-hybridized carbons (Fsp3) is 0.172. The van der Waals surface area contributed by atoms with Crippen LogP contribution in [0.2, 0.25) is 5.02 Å². The Morgan fingerprint density at radius 2 is 1.78 bits per heavy atom. The van der Waals surface area contributed by atoms with Crippen molar-refractivity contribution in [1.29, 1.82) is 0 Å². The number of halogens is 1. The molecule has 0 aromatic heterocycles. The van der Waals surface area contributed by atoms with Gasteiger partial charge in [0.2, 0.25) is 0 Å². The second-order valence-corrected chi connectivity index (χ2v) is 8.67. The van der Waals surface area contributed by atoms with Gasteiger partial charge in [-0.15, -0.1) is 0 Å². The van der Waals surface area contributed by atoms with Crippen LogP contribution in [0.4, 0.5) is 0 Å². The summed E-state index contributed by atoms with van der Waals surface area (Å²) in [6, 6.07) is 24.0. The number of carbonyl (C=O) groups is 1. The second kappa shape index (κ2) is 12.8. The summed E-state index contributed by atoms with van der Waals surface area (Å²) < 4.78 is 11.2. The summed E-state index contributed by atoms with van der Waals surface area (Å²) in [7, 11) is 1.67. The first kappa shape index (κ1) is 26.0. The highest BCUT2D eigenvalue weighted by atomic mass is 35.5. The van der Waals surface area contributed by atoms with Crippen molar-refractivity contribution >= 4 is 34.5 Å². The van der Waals surface area contributed by atoms with Crippen molar-refractivity contribution in [1.82, 2.24) is 10.7 Å². The molecule has 3 N–H and O–H groups in total. The number of hydrazone groups is 1. The molecule has 7 nitrogen and oxygen atoms in total. The van der Waals surface area contributed by atoms with Crippen LogP contribution < -0.4 is 20.2 Å². The lowest BCUT2D eigenvalue weighted by atomic mass is 10.0. The van der Waals surface area contributed by atoms with Gasteiger partial charge in [-0.2, -0.15) is 5.10 Å². The number of methoxy groups -OCH3 is 1. The molecule has 0 unspecified atom stereocenters. The first-order chi connectivity index (χ1) is 18.0. The van der Waals surface area contributed by atoms with Crippen LogP contribution in [-0.4, -0.2) is 44.0 Å². The second-order valence-electron chi connectivity index (χ2n) is 8.26. The molecule has 190 valence electrons. The van der Waals surface area contributed by atoms with E-state index in [4.69, 9.17) is 21.1 Å². The van der Waals surface area contributed by atoms with Crippen LogP contribution in [0.3, 0.4) is 0 Å². The van der Waals surface area contributed by atoms with E-state index in [2.05, 4.69) is 28.0 Å². The van der Waals surface area contributed by atoms with Crippen molar-refractivity contribution in [2.75, 3.05) is 26.8 Å². The van der Waals surface area contributed by atoms with Gasteiger partial charge in [-0.05, 0) is 66.4 Å². The van der Waals surface area contributed by atoms with Gasteiger partial charge in [0.15, 0.2) is 0 Å². The molecule has 0 saturated heterocycles. The topological polar surface area (TPSA) is 92.2 Å². The lowest BCUT2D eigenvalue weighted by Crippen LogP contribution is -2.23. The van der Waals surface area contributed by atoms with Crippen molar-refractivity contribution in [2.45, 2.75) is 6.42 Å². The molecule has 0 aliphatic carbocycles. The van der Waals surface area contributed by atoms with Gasteiger partial charge in [-0.25, -0.2) is 5.43 Å². The monoisotopic (exact) mass is 517 g/mol. The number of fused-ring (bicyclic) bond motifs is 1. The Bertz CT molecular complexity index is 1390. The zero-order chi connectivity index (χ0) is 26.0. The van der Waals surface area contributed by atoms with Gasteiger partial charge >= 0.3 is 0 Å². The maximum Gasteiger partial charge on any atom is 0.271 e. The zero-order valence-corrected chi connectivity index (χ0v) is 21.2. The van der Waals surface area contributed by atoms with Gasteiger partial charge in [-0.3, -0.25) is 4.79 Å². The van der Waals surface area contributed by atoms with Gasteiger partial charge in [-0.1, -0.05) is 48.0 Å². The molecule has 0 spiro atoms. The minimum absolute atomic E-state index is 0.0835. The van der Waals surface area contributed by atoms with E-state index >= 15 is 0 Å². The lowest BCUT2D eigenvalue weighted by Gasteiger charge is -2.12. The van der Waals surface area contributed by atoms with Crippen LogP contribution in [-0.2, 0) is 6.42 Å². The quantitative estimate of drug-likeness (QED) is 0.145. The molecule has 4 aromatic rings. The molecule has 4 aromatic carbocycles. The maximum absolute atomic E-state index is 12.3. The van der Waals surface area contributed by atoms with Crippen molar-refractivity contribution in [3.8, 4) is 17.2 Å². The van der Waals surface area contributed by atoms with Gasteiger partial charge in [0.05, 0.1) is 18.3 Å². The smallest absolute Gasteiger partial charge is 0.271 e. The van der Waals surface area contributed by atoms with E-state index in [0.717, 1.165) is 47.3 Å². The van der Waals surface area contributed by atoms with E-state index < -0.39 is 5.91 Å². The summed E-state index contributed by atoms with van der Waals surface area (Å²) in [6.07, 6.45) is 2.52. The number of ether oxygens (including phenoxy) is 2. The third kappa shape index (κ3) is 7.00. The van der Waals surface area contributed by atoms with E-state index in [-0.39, 0.29) is 10.8 Å². The molecule has 37 heavy (non-hydrogen) atoms. The summed E-state index contributed by atoms with van der Waals surface area (Å²) in [6.45, 7) is 2.11. The van der Waals surface area contributed by atoms with Crippen molar-refractivity contribution in [3.05, 3.63) is 101 Å². The Morgan fingerprint density at radius 3 is 2.54 bits per heavy atom. The molecule has 0 radical (unpaired) electrons. The van der Waals surface area contributed by atoms with E-state index in [1.54, 1.807) is 13.3 Å². The standard InChI is InChI=1S/C29H28ClN3O4/c1-36-23-10-6-20(7-11-23)14-15-31-16-17-37-28-13-9-22(24-4-2-3-5-25(24)28)19-32-33-29(35)21-8-12-27(34)26(30)18-21/h2-13,18-19,31,34H,14-17H2,1H3,(H,33,35)/b32-19+. The summed E-state index contributed by atoms with van der Waals surface area (Å²) in [4.78, 5) is 12.3. The average Bonchev–Trinajstić information content (AvgIpc) is 2.93. The number of amides is 1. The molecule has 0 bridgehead atoms. The van der Waals surface area contributed by atoms with Gasteiger partial charge in [0.1, 0.15) is 23.9 Å². The van der Waals surface area contributed by atoms with Crippen LogP contribution >= 0.6 is 11.6 Å². The van der Waals surface area contributed by atoms with E-state index in [0.29, 0.717) is 12.2 Å². The largest absolute Gasteiger partial charge is 0.506 e. The Balaban J connectivity index is 1.30.